The topological polar surface area (TPSA) is 70.1 Å². The lowest BCUT2D eigenvalue weighted by Crippen LogP contribution is -2.22. The number of hydrogen-bond acceptors (Lipinski definition) is 5. The molecule has 0 aliphatic carbocycles. The highest BCUT2D eigenvalue weighted by Crippen LogP contribution is 2.21. The zero-order chi connectivity index (χ0) is 13.5. The Morgan fingerprint density at radius 1 is 1.22 bits per heavy atom. The van der Waals surface area contributed by atoms with Gasteiger partial charge in [0.05, 0.1) is 6.61 Å². The summed E-state index contributed by atoms with van der Waals surface area (Å²) in [5.74, 6) is 2.53. The maximum Gasteiger partial charge on any atom is 0.135 e. The van der Waals surface area contributed by atoms with E-state index in [2.05, 4.69) is 27.5 Å². The lowest BCUT2D eigenvalue weighted by atomic mass is 10.2. The van der Waals surface area contributed by atoms with Crippen LogP contribution in [0.2, 0.25) is 0 Å². The molecule has 1 unspecified atom stereocenters. The molecule has 1 rings (SSSR count). The summed E-state index contributed by atoms with van der Waals surface area (Å²) < 4.78 is 0. The largest absolute Gasteiger partial charge is 0.394 e. The smallest absolute Gasteiger partial charge is 0.135 e. The molecule has 0 aromatic carbocycles. The Morgan fingerprint density at radius 2 is 1.89 bits per heavy atom. The van der Waals surface area contributed by atoms with Gasteiger partial charge in [0.1, 0.15) is 17.5 Å². The minimum Gasteiger partial charge on any atom is -0.394 e. The molecule has 0 saturated carbocycles. The summed E-state index contributed by atoms with van der Waals surface area (Å²) in [7, 11) is 0. The molecular weight excluding hydrogens is 228 g/mol. The van der Waals surface area contributed by atoms with Crippen LogP contribution in [0.15, 0.2) is 0 Å². The summed E-state index contributed by atoms with van der Waals surface area (Å²) >= 11 is 0. The fourth-order valence-corrected chi connectivity index (χ4v) is 1.66. The van der Waals surface area contributed by atoms with E-state index in [1.165, 1.54) is 0 Å². The highest BCUT2D eigenvalue weighted by atomic mass is 16.3. The van der Waals surface area contributed by atoms with E-state index < -0.39 is 0 Å². The summed E-state index contributed by atoms with van der Waals surface area (Å²) in [6.07, 6.45) is 1.88. The number of anilines is 2. The van der Waals surface area contributed by atoms with Gasteiger partial charge in [-0.15, -0.1) is 0 Å². The van der Waals surface area contributed by atoms with E-state index in [0.717, 1.165) is 42.4 Å². The number of aryl methyl sites for hydroxylation is 1. The van der Waals surface area contributed by atoms with Gasteiger partial charge in [0.2, 0.25) is 0 Å². The minimum atomic E-state index is -0.0115. The summed E-state index contributed by atoms with van der Waals surface area (Å²) in [5, 5.41) is 15.6. The maximum atomic E-state index is 9.11. The van der Waals surface area contributed by atoms with Crippen molar-refractivity contribution in [1.82, 2.24) is 9.97 Å². The van der Waals surface area contributed by atoms with Crippen LogP contribution < -0.4 is 10.6 Å². The Bertz CT molecular complexity index is 381. The molecule has 0 aliphatic heterocycles. The standard InChI is InChI=1S/C13H24N4O/c1-5-7-11-16-12(14-6-2)10(4)13(17-11)15-9(3)8-18/h9,18H,5-8H2,1-4H3,(H2,14,15,16,17). The van der Waals surface area contributed by atoms with Crippen molar-refractivity contribution in [3.63, 3.8) is 0 Å². The molecule has 0 bridgehead atoms. The van der Waals surface area contributed by atoms with Gasteiger partial charge >= 0.3 is 0 Å². The van der Waals surface area contributed by atoms with Crippen molar-refractivity contribution in [3.8, 4) is 0 Å². The van der Waals surface area contributed by atoms with E-state index in [0.29, 0.717) is 0 Å². The second-order valence-electron chi connectivity index (χ2n) is 4.47. The fraction of sp³-hybridized carbons (Fsp3) is 0.692. The third-order valence-electron chi connectivity index (χ3n) is 2.67. The van der Waals surface area contributed by atoms with E-state index in [4.69, 9.17) is 5.11 Å². The first-order valence-electron chi connectivity index (χ1n) is 6.61. The van der Waals surface area contributed by atoms with Crippen molar-refractivity contribution in [3.05, 3.63) is 11.4 Å². The van der Waals surface area contributed by atoms with Gasteiger partial charge in [-0.2, -0.15) is 0 Å². The summed E-state index contributed by atoms with van der Waals surface area (Å²) in [6, 6.07) is -0.0115. The molecule has 18 heavy (non-hydrogen) atoms. The molecule has 0 saturated heterocycles. The van der Waals surface area contributed by atoms with Gasteiger partial charge in [-0.05, 0) is 27.2 Å². The Hall–Kier alpha value is -1.36. The molecule has 5 nitrogen and oxygen atoms in total. The molecule has 0 aliphatic rings. The highest BCUT2D eigenvalue weighted by Gasteiger charge is 2.11. The summed E-state index contributed by atoms with van der Waals surface area (Å²) in [4.78, 5) is 9.04. The molecule has 0 amide bonds. The first kappa shape index (κ1) is 14.7. The van der Waals surface area contributed by atoms with Crippen LogP contribution in [-0.2, 0) is 6.42 Å². The maximum absolute atomic E-state index is 9.11. The van der Waals surface area contributed by atoms with E-state index in [1.54, 1.807) is 0 Å². The number of aliphatic hydroxyl groups is 1. The molecule has 3 N–H and O–H groups in total. The molecular formula is C13H24N4O. The monoisotopic (exact) mass is 252 g/mol. The van der Waals surface area contributed by atoms with Gasteiger partial charge in [0.15, 0.2) is 0 Å². The van der Waals surface area contributed by atoms with Crippen LogP contribution >= 0.6 is 0 Å². The van der Waals surface area contributed by atoms with Gasteiger partial charge in [-0.1, -0.05) is 6.92 Å². The molecule has 1 aromatic heterocycles. The Kier molecular flexibility index (Phi) is 5.85. The van der Waals surface area contributed by atoms with Crippen LogP contribution in [-0.4, -0.2) is 34.3 Å². The number of aliphatic hydroxyl groups excluding tert-OH is 1. The Morgan fingerprint density at radius 3 is 2.44 bits per heavy atom. The van der Waals surface area contributed by atoms with Crippen LogP contribution in [0.1, 0.15) is 38.6 Å². The first-order valence-corrected chi connectivity index (χ1v) is 6.61. The van der Waals surface area contributed by atoms with Crippen molar-refractivity contribution in [1.29, 1.82) is 0 Å². The van der Waals surface area contributed by atoms with Crippen molar-refractivity contribution in [2.45, 2.75) is 46.6 Å². The summed E-state index contributed by atoms with van der Waals surface area (Å²) in [5.41, 5.74) is 0.997. The lowest BCUT2D eigenvalue weighted by Gasteiger charge is -2.17. The van der Waals surface area contributed by atoms with Gasteiger partial charge in [0, 0.05) is 24.6 Å². The number of aromatic nitrogens is 2. The minimum absolute atomic E-state index is 0.0115. The van der Waals surface area contributed by atoms with Crippen molar-refractivity contribution < 1.29 is 5.11 Å². The van der Waals surface area contributed by atoms with Crippen LogP contribution in [0.3, 0.4) is 0 Å². The second kappa shape index (κ2) is 7.16. The van der Waals surface area contributed by atoms with Crippen LogP contribution in [0.25, 0.3) is 0 Å². The van der Waals surface area contributed by atoms with E-state index in [1.807, 2.05) is 20.8 Å². The zero-order valence-corrected chi connectivity index (χ0v) is 11.7. The molecule has 0 fully saturated rings. The highest BCUT2D eigenvalue weighted by molar-refractivity contribution is 5.57. The normalized spacial score (nSPS) is 12.3. The molecule has 1 aromatic rings. The third kappa shape index (κ3) is 3.84. The zero-order valence-electron chi connectivity index (χ0n) is 11.7. The molecule has 5 heteroatoms. The molecule has 0 radical (unpaired) electrons. The number of hydrogen-bond donors (Lipinski definition) is 3. The lowest BCUT2D eigenvalue weighted by molar-refractivity contribution is 0.281. The van der Waals surface area contributed by atoms with Gasteiger partial charge in [-0.25, -0.2) is 9.97 Å². The molecule has 1 heterocycles. The van der Waals surface area contributed by atoms with E-state index >= 15 is 0 Å². The average molecular weight is 252 g/mol. The number of nitrogens with one attached hydrogen (secondary N) is 2. The Labute approximate surface area is 109 Å². The number of nitrogens with zero attached hydrogens (tertiary/aromatic N) is 2. The molecule has 1 atom stereocenters. The van der Waals surface area contributed by atoms with Crippen molar-refractivity contribution in [2.75, 3.05) is 23.8 Å². The van der Waals surface area contributed by atoms with E-state index in [9.17, 15) is 0 Å². The summed E-state index contributed by atoms with van der Waals surface area (Å²) in [6.45, 7) is 8.99. The van der Waals surface area contributed by atoms with Gasteiger partial charge < -0.3 is 15.7 Å². The SMILES string of the molecule is CCCc1nc(NCC)c(C)c(NC(C)CO)n1. The molecule has 0 spiro atoms. The van der Waals surface area contributed by atoms with Gasteiger partial charge in [-0.3, -0.25) is 0 Å². The average Bonchev–Trinajstić information content (AvgIpc) is 2.35. The predicted molar refractivity (Wildman–Crippen MR) is 75.1 cm³/mol. The van der Waals surface area contributed by atoms with Crippen molar-refractivity contribution in [2.24, 2.45) is 0 Å². The van der Waals surface area contributed by atoms with Crippen molar-refractivity contribution >= 4 is 11.6 Å². The van der Waals surface area contributed by atoms with Crippen LogP contribution in [0.4, 0.5) is 11.6 Å². The van der Waals surface area contributed by atoms with Crippen LogP contribution in [0.5, 0.6) is 0 Å². The van der Waals surface area contributed by atoms with E-state index in [-0.39, 0.29) is 12.6 Å². The van der Waals surface area contributed by atoms with Gasteiger partial charge in [0.25, 0.3) is 0 Å². The second-order valence-corrected chi connectivity index (χ2v) is 4.47. The first-order chi connectivity index (χ1) is 8.62. The number of rotatable bonds is 7. The van der Waals surface area contributed by atoms with Crippen LogP contribution in [0, 0.1) is 6.92 Å². The fourth-order valence-electron chi connectivity index (χ4n) is 1.66. The predicted octanol–water partition coefficient (Wildman–Crippen LogP) is 1.96. The Balaban J connectivity index is 3.05. The quantitative estimate of drug-likeness (QED) is 0.692. The third-order valence-corrected chi connectivity index (χ3v) is 2.67. The molecule has 102 valence electrons.